The van der Waals surface area contributed by atoms with Crippen LogP contribution < -0.4 is 4.74 Å². The molecule has 1 heterocycles. The molecule has 0 spiro atoms. The minimum Gasteiger partial charge on any atom is -0.497 e. The second-order valence-corrected chi connectivity index (χ2v) is 3.11. The molecule has 1 aromatic heterocycles. The molecule has 0 bridgehead atoms. The molecule has 1 N–H and O–H groups in total. The Morgan fingerprint density at radius 2 is 2.13 bits per heavy atom. The monoisotopic (exact) mass is 205 g/mol. The molecular weight excluding hydrogens is 194 g/mol. The zero-order chi connectivity index (χ0) is 10.8. The van der Waals surface area contributed by atoms with Crippen LogP contribution in [0.15, 0.2) is 24.4 Å². The maximum absolute atomic E-state index is 11.4. The molecule has 0 radical (unpaired) electrons. The summed E-state index contributed by atoms with van der Waals surface area (Å²) in [4.78, 5) is 14.4. The molecule has 4 nitrogen and oxygen atoms in total. The Morgan fingerprint density at radius 1 is 1.33 bits per heavy atom. The SMILES string of the molecule is COC(=O)c1c[nH]c2ccc(OC)cc12. The summed E-state index contributed by atoms with van der Waals surface area (Å²) in [5, 5.41) is 0.807. The van der Waals surface area contributed by atoms with Crippen LogP contribution in [-0.2, 0) is 4.74 Å². The molecule has 0 saturated heterocycles. The van der Waals surface area contributed by atoms with Gasteiger partial charge in [0.25, 0.3) is 0 Å². The molecule has 0 unspecified atom stereocenters. The zero-order valence-electron chi connectivity index (χ0n) is 8.53. The fraction of sp³-hybridized carbons (Fsp3) is 0.182. The molecular formula is C11H11NO3. The maximum atomic E-state index is 11.4. The lowest BCUT2D eigenvalue weighted by Crippen LogP contribution is -1.99. The molecule has 15 heavy (non-hydrogen) atoms. The van der Waals surface area contributed by atoms with Crippen LogP contribution in [0.1, 0.15) is 10.4 Å². The molecule has 0 fully saturated rings. The molecule has 0 saturated carbocycles. The Balaban J connectivity index is 2.61. The van der Waals surface area contributed by atoms with E-state index in [1.54, 1.807) is 19.4 Å². The second-order valence-electron chi connectivity index (χ2n) is 3.11. The highest BCUT2D eigenvalue weighted by Gasteiger charge is 2.12. The lowest BCUT2D eigenvalue weighted by Gasteiger charge is -2.00. The Kier molecular flexibility index (Phi) is 2.33. The summed E-state index contributed by atoms with van der Waals surface area (Å²) in [6, 6.07) is 5.50. The lowest BCUT2D eigenvalue weighted by molar-refractivity contribution is 0.0603. The quantitative estimate of drug-likeness (QED) is 0.762. The third-order valence-electron chi connectivity index (χ3n) is 2.29. The number of fused-ring (bicyclic) bond motifs is 1. The number of benzene rings is 1. The number of carbonyl (C=O) groups is 1. The van der Waals surface area contributed by atoms with Gasteiger partial charge in [0.05, 0.1) is 19.8 Å². The number of rotatable bonds is 2. The van der Waals surface area contributed by atoms with Gasteiger partial charge in [0, 0.05) is 17.1 Å². The van der Waals surface area contributed by atoms with Crippen LogP contribution in [0.2, 0.25) is 0 Å². The largest absolute Gasteiger partial charge is 0.497 e. The van der Waals surface area contributed by atoms with Crippen molar-refractivity contribution in [2.75, 3.05) is 14.2 Å². The van der Waals surface area contributed by atoms with E-state index in [2.05, 4.69) is 9.72 Å². The van der Waals surface area contributed by atoms with Crippen molar-refractivity contribution >= 4 is 16.9 Å². The van der Waals surface area contributed by atoms with E-state index >= 15 is 0 Å². The highest BCUT2D eigenvalue weighted by atomic mass is 16.5. The lowest BCUT2D eigenvalue weighted by atomic mass is 10.1. The van der Waals surface area contributed by atoms with Gasteiger partial charge in [-0.1, -0.05) is 0 Å². The summed E-state index contributed by atoms with van der Waals surface area (Å²) < 4.78 is 9.77. The minimum atomic E-state index is -0.352. The third kappa shape index (κ3) is 1.54. The summed E-state index contributed by atoms with van der Waals surface area (Å²) in [5.41, 5.74) is 1.41. The highest BCUT2D eigenvalue weighted by molar-refractivity contribution is 6.04. The van der Waals surface area contributed by atoms with Gasteiger partial charge in [-0.3, -0.25) is 0 Å². The van der Waals surface area contributed by atoms with Crippen LogP contribution in [-0.4, -0.2) is 25.2 Å². The van der Waals surface area contributed by atoms with Gasteiger partial charge in [0.1, 0.15) is 5.75 Å². The first kappa shape index (κ1) is 9.58. The van der Waals surface area contributed by atoms with Gasteiger partial charge in [-0.05, 0) is 18.2 Å². The van der Waals surface area contributed by atoms with Gasteiger partial charge < -0.3 is 14.5 Å². The van der Waals surface area contributed by atoms with Crippen molar-refractivity contribution in [3.63, 3.8) is 0 Å². The number of H-pyrrole nitrogens is 1. The van der Waals surface area contributed by atoms with Crippen molar-refractivity contribution in [1.82, 2.24) is 4.98 Å². The number of aromatic amines is 1. The molecule has 2 aromatic rings. The van der Waals surface area contributed by atoms with Crippen LogP contribution in [0.4, 0.5) is 0 Å². The van der Waals surface area contributed by atoms with Crippen LogP contribution in [0.5, 0.6) is 5.75 Å². The topological polar surface area (TPSA) is 51.3 Å². The number of carbonyl (C=O) groups excluding carboxylic acids is 1. The normalized spacial score (nSPS) is 10.3. The van der Waals surface area contributed by atoms with Crippen LogP contribution in [0, 0.1) is 0 Å². The number of esters is 1. The molecule has 4 heteroatoms. The van der Waals surface area contributed by atoms with E-state index in [1.807, 2.05) is 12.1 Å². The van der Waals surface area contributed by atoms with E-state index in [-0.39, 0.29) is 5.97 Å². The first-order chi connectivity index (χ1) is 7.26. The smallest absolute Gasteiger partial charge is 0.340 e. The Labute approximate surface area is 86.8 Å². The van der Waals surface area contributed by atoms with E-state index < -0.39 is 0 Å². The predicted octanol–water partition coefficient (Wildman–Crippen LogP) is 1.96. The molecule has 2 rings (SSSR count). The van der Waals surface area contributed by atoms with Gasteiger partial charge in [0.2, 0.25) is 0 Å². The summed E-state index contributed by atoms with van der Waals surface area (Å²) in [5.74, 6) is 0.363. The second kappa shape index (κ2) is 3.65. The first-order valence-corrected chi connectivity index (χ1v) is 4.49. The van der Waals surface area contributed by atoms with Crippen molar-refractivity contribution in [2.24, 2.45) is 0 Å². The molecule has 0 amide bonds. The van der Waals surface area contributed by atoms with E-state index in [1.165, 1.54) is 7.11 Å². The number of ether oxygens (including phenoxy) is 2. The first-order valence-electron chi connectivity index (χ1n) is 4.49. The van der Waals surface area contributed by atoms with Crippen LogP contribution in [0.25, 0.3) is 10.9 Å². The maximum Gasteiger partial charge on any atom is 0.340 e. The number of hydrogen-bond donors (Lipinski definition) is 1. The van der Waals surface area contributed by atoms with Crippen molar-refractivity contribution in [1.29, 1.82) is 0 Å². The number of aromatic nitrogens is 1. The van der Waals surface area contributed by atoms with Gasteiger partial charge in [0.15, 0.2) is 0 Å². The zero-order valence-corrected chi connectivity index (χ0v) is 8.53. The van der Waals surface area contributed by atoms with E-state index in [9.17, 15) is 4.79 Å². The third-order valence-corrected chi connectivity index (χ3v) is 2.29. The molecule has 0 aliphatic heterocycles. The van der Waals surface area contributed by atoms with Gasteiger partial charge in [-0.25, -0.2) is 4.79 Å². The summed E-state index contributed by atoms with van der Waals surface area (Å²) in [6.45, 7) is 0. The molecule has 0 aliphatic rings. The van der Waals surface area contributed by atoms with Crippen molar-refractivity contribution in [3.05, 3.63) is 30.0 Å². The Bertz CT molecular complexity index is 502. The van der Waals surface area contributed by atoms with Crippen molar-refractivity contribution in [2.45, 2.75) is 0 Å². The van der Waals surface area contributed by atoms with Gasteiger partial charge >= 0.3 is 5.97 Å². The van der Waals surface area contributed by atoms with Gasteiger partial charge in [-0.15, -0.1) is 0 Å². The minimum absolute atomic E-state index is 0.352. The highest BCUT2D eigenvalue weighted by Crippen LogP contribution is 2.23. The van der Waals surface area contributed by atoms with Gasteiger partial charge in [-0.2, -0.15) is 0 Å². The fourth-order valence-electron chi connectivity index (χ4n) is 1.51. The number of methoxy groups -OCH3 is 2. The average molecular weight is 205 g/mol. The molecule has 0 aliphatic carbocycles. The standard InChI is InChI=1S/C11H11NO3/c1-14-7-3-4-10-8(5-7)9(6-12-10)11(13)15-2/h3-6,12H,1-2H3. The van der Waals surface area contributed by atoms with Crippen molar-refractivity contribution in [3.8, 4) is 5.75 Å². The average Bonchev–Trinajstić information content (AvgIpc) is 2.70. The van der Waals surface area contributed by atoms with E-state index in [0.717, 1.165) is 10.9 Å². The number of nitrogens with one attached hydrogen (secondary N) is 1. The summed E-state index contributed by atoms with van der Waals surface area (Å²) >= 11 is 0. The fourth-order valence-corrected chi connectivity index (χ4v) is 1.51. The molecule has 0 atom stereocenters. The van der Waals surface area contributed by atoms with Crippen LogP contribution >= 0.6 is 0 Å². The molecule has 78 valence electrons. The molecule has 1 aromatic carbocycles. The summed E-state index contributed by atoms with van der Waals surface area (Å²) in [6.07, 6.45) is 1.63. The Morgan fingerprint density at radius 3 is 2.80 bits per heavy atom. The van der Waals surface area contributed by atoms with Crippen molar-refractivity contribution < 1.29 is 14.3 Å². The Hall–Kier alpha value is -1.97. The van der Waals surface area contributed by atoms with Crippen LogP contribution in [0.3, 0.4) is 0 Å². The van der Waals surface area contributed by atoms with E-state index in [0.29, 0.717) is 11.3 Å². The predicted molar refractivity (Wildman–Crippen MR) is 56.2 cm³/mol. The summed E-state index contributed by atoms with van der Waals surface area (Å²) in [7, 11) is 2.95. The number of hydrogen-bond acceptors (Lipinski definition) is 3. The van der Waals surface area contributed by atoms with E-state index in [4.69, 9.17) is 4.74 Å².